The Kier molecular flexibility index (Phi) is 7.16. The van der Waals surface area contributed by atoms with Gasteiger partial charge in [-0.15, -0.1) is 0 Å². The van der Waals surface area contributed by atoms with E-state index in [1.54, 1.807) is 11.1 Å². The third kappa shape index (κ3) is 6.84. The van der Waals surface area contributed by atoms with Crippen LogP contribution in [0.15, 0.2) is 48.7 Å². The van der Waals surface area contributed by atoms with Crippen LogP contribution in [0.1, 0.15) is 37.6 Å². The number of ether oxygens (including phenoxy) is 1. The molecule has 1 aromatic carbocycles. The highest BCUT2D eigenvalue weighted by atomic mass is 16.6. The van der Waals surface area contributed by atoms with Crippen LogP contribution in [-0.2, 0) is 24.1 Å². The number of hydrogen-bond donors (Lipinski definition) is 1. The second-order valence-electron chi connectivity index (χ2n) is 7.26. The highest BCUT2D eigenvalue weighted by Gasteiger charge is 2.22. The molecule has 1 aromatic heterocycles. The van der Waals surface area contributed by atoms with E-state index in [-0.39, 0.29) is 12.7 Å². The minimum absolute atomic E-state index is 0.132. The minimum atomic E-state index is -0.536. The third-order valence-corrected chi connectivity index (χ3v) is 3.81. The zero-order valence-corrected chi connectivity index (χ0v) is 15.8. The number of carbonyl (C=O) groups is 1. The minimum Gasteiger partial charge on any atom is -0.444 e. The van der Waals surface area contributed by atoms with Gasteiger partial charge in [-0.05, 0) is 50.5 Å². The lowest BCUT2D eigenvalue weighted by Crippen LogP contribution is -2.37. The van der Waals surface area contributed by atoms with E-state index < -0.39 is 5.60 Å². The Labute approximate surface area is 155 Å². The zero-order valence-electron chi connectivity index (χ0n) is 15.8. The van der Waals surface area contributed by atoms with Crippen molar-refractivity contribution in [2.45, 2.75) is 45.8 Å². The summed E-state index contributed by atoms with van der Waals surface area (Å²) in [6, 6.07) is 13.7. The summed E-state index contributed by atoms with van der Waals surface area (Å²) in [4.78, 5) is 18.6. The summed E-state index contributed by atoms with van der Waals surface area (Å²) in [5, 5.41) is 9.02. The molecule has 2 aromatic rings. The Hall–Kier alpha value is -2.40. The Balaban J connectivity index is 2.07. The van der Waals surface area contributed by atoms with Gasteiger partial charge in [0.05, 0.1) is 0 Å². The van der Waals surface area contributed by atoms with Gasteiger partial charge in [-0.2, -0.15) is 0 Å². The number of nitrogens with zero attached hydrogens (tertiary/aromatic N) is 2. The molecule has 0 spiro atoms. The van der Waals surface area contributed by atoms with Crippen LogP contribution in [-0.4, -0.2) is 39.8 Å². The van der Waals surface area contributed by atoms with Crippen LogP contribution in [0, 0.1) is 0 Å². The first-order valence-electron chi connectivity index (χ1n) is 8.94. The van der Waals surface area contributed by atoms with Crippen LogP contribution >= 0.6 is 0 Å². The van der Waals surface area contributed by atoms with Crippen molar-refractivity contribution in [1.82, 2.24) is 9.88 Å². The van der Waals surface area contributed by atoms with E-state index in [0.29, 0.717) is 25.9 Å². The number of amides is 1. The summed E-state index contributed by atoms with van der Waals surface area (Å²) in [7, 11) is 0. The van der Waals surface area contributed by atoms with Gasteiger partial charge in [-0.1, -0.05) is 30.3 Å². The smallest absolute Gasteiger partial charge is 0.410 e. The zero-order chi connectivity index (χ0) is 19.0. The van der Waals surface area contributed by atoms with Crippen LogP contribution in [0.5, 0.6) is 0 Å². The summed E-state index contributed by atoms with van der Waals surface area (Å²) in [5.41, 5.74) is 2.51. The summed E-state index contributed by atoms with van der Waals surface area (Å²) in [5.74, 6) is 0. The molecule has 0 atom stereocenters. The van der Waals surface area contributed by atoms with E-state index in [2.05, 4.69) is 4.98 Å². The first kappa shape index (κ1) is 19.9. The molecule has 0 saturated heterocycles. The number of aliphatic hydroxyl groups excluding tert-OH is 1. The first-order chi connectivity index (χ1) is 12.4. The molecule has 5 nitrogen and oxygen atoms in total. The van der Waals surface area contributed by atoms with Gasteiger partial charge in [0.15, 0.2) is 0 Å². The molecular formula is C21H28N2O3. The van der Waals surface area contributed by atoms with Gasteiger partial charge in [-0.3, -0.25) is 4.98 Å². The SMILES string of the molecule is CC(C)(C)OC(=O)N(CCc1ccccn1)Cc1ccc(CCO)cc1. The van der Waals surface area contributed by atoms with Gasteiger partial charge in [-0.25, -0.2) is 4.79 Å². The van der Waals surface area contributed by atoms with Gasteiger partial charge in [0.2, 0.25) is 0 Å². The molecule has 0 aliphatic carbocycles. The normalized spacial score (nSPS) is 11.2. The number of rotatable bonds is 7. The summed E-state index contributed by atoms with van der Waals surface area (Å²) < 4.78 is 5.56. The molecule has 1 amide bonds. The molecule has 0 saturated carbocycles. The number of carbonyl (C=O) groups excluding carboxylic acids is 1. The second-order valence-corrected chi connectivity index (χ2v) is 7.26. The first-order valence-corrected chi connectivity index (χ1v) is 8.94. The molecule has 0 aliphatic heterocycles. The fraction of sp³-hybridized carbons (Fsp3) is 0.429. The summed E-state index contributed by atoms with van der Waals surface area (Å²) in [6.07, 6.45) is 2.73. The molecule has 0 unspecified atom stereocenters. The fourth-order valence-corrected chi connectivity index (χ4v) is 2.52. The lowest BCUT2D eigenvalue weighted by Gasteiger charge is -2.27. The summed E-state index contributed by atoms with van der Waals surface area (Å²) in [6.45, 7) is 6.74. The van der Waals surface area contributed by atoms with Crippen molar-refractivity contribution in [3.05, 3.63) is 65.5 Å². The molecule has 0 bridgehead atoms. The van der Waals surface area contributed by atoms with Crippen LogP contribution < -0.4 is 0 Å². The lowest BCUT2D eigenvalue weighted by molar-refractivity contribution is 0.0235. The number of aliphatic hydroxyl groups is 1. The van der Waals surface area contributed by atoms with Gasteiger partial charge in [0.1, 0.15) is 5.60 Å². The monoisotopic (exact) mass is 356 g/mol. The van der Waals surface area contributed by atoms with Crippen molar-refractivity contribution < 1.29 is 14.6 Å². The maximum atomic E-state index is 12.6. The van der Waals surface area contributed by atoms with Gasteiger partial charge < -0.3 is 14.7 Å². The predicted molar refractivity (Wildman–Crippen MR) is 102 cm³/mol. The molecule has 0 radical (unpaired) electrons. The van der Waals surface area contributed by atoms with Crippen molar-refractivity contribution in [3.8, 4) is 0 Å². The third-order valence-electron chi connectivity index (χ3n) is 3.81. The Bertz CT molecular complexity index is 679. The van der Waals surface area contributed by atoms with E-state index in [9.17, 15) is 4.79 Å². The molecule has 1 heterocycles. The van der Waals surface area contributed by atoms with Crippen molar-refractivity contribution in [2.75, 3.05) is 13.2 Å². The average Bonchev–Trinajstić information content (AvgIpc) is 2.59. The maximum absolute atomic E-state index is 12.6. The van der Waals surface area contributed by atoms with Crippen molar-refractivity contribution in [1.29, 1.82) is 0 Å². The van der Waals surface area contributed by atoms with E-state index >= 15 is 0 Å². The highest BCUT2D eigenvalue weighted by molar-refractivity contribution is 5.68. The van der Waals surface area contributed by atoms with E-state index in [1.807, 2.05) is 63.2 Å². The Morgan fingerprint density at radius 3 is 2.35 bits per heavy atom. The van der Waals surface area contributed by atoms with E-state index in [0.717, 1.165) is 16.8 Å². The number of pyridine rings is 1. The standard InChI is InChI=1S/C21H28N2O3/c1-21(2,3)26-20(25)23(14-11-19-6-4-5-13-22-19)16-18-9-7-17(8-10-18)12-15-24/h4-10,13,24H,11-12,14-16H2,1-3H3. The van der Waals surface area contributed by atoms with Gasteiger partial charge in [0.25, 0.3) is 0 Å². The van der Waals surface area contributed by atoms with Crippen LogP contribution in [0.2, 0.25) is 0 Å². The fourth-order valence-electron chi connectivity index (χ4n) is 2.52. The molecular weight excluding hydrogens is 328 g/mol. The predicted octanol–water partition coefficient (Wildman–Crippen LogP) is 3.60. The molecule has 0 aliphatic rings. The second kappa shape index (κ2) is 9.34. The topological polar surface area (TPSA) is 62.7 Å². The van der Waals surface area contributed by atoms with Gasteiger partial charge >= 0.3 is 6.09 Å². The Morgan fingerprint density at radius 1 is 1.08 bits per heavy atom. The van der Waals surface area contributed by atoms with Crippen molar-refractivity contribution in [3.63, 3.8) is 0 Å². The van der Waals surface area contributed by atoms with E-state index in [4.69, 9.17) is 9.84 Å². The van der Waals surface area contributed by atoms with Crippen molar-refractivity contribution in [2.24, 2.45) is 0 Å². The number of aromatic nitrogens is 1. The largest absolute Gasteiger partial charge is 0.444 e. The molecule has 26 heavy (non-hydrogen) atoms. The number of benzene rings is 1. The quantitative estimate of drug-likeness (QED) is 0.823. The highest BCUT2D eigenvalue weighted by Crippen LogP contribution is 2.14. The lowest BCUT2D eigenvalue weighted by atomic mass is 10.1. The van der Waals surface area contributed by atoms with E-state index in [1.165, 1.54) is 0 Å². The van der Waals surface area contributed by atoms with Crippen LogP contribution in [0.25, 0.3) is 0 Å². The average molecular weight is 356 g/mol. The summed E-state index contributed by atoms with van der Waals surface area (Å²) >= 11 is 0. The van der Waals surface area contributed by atoms with Crippen LogP contribution in [0.3, 0.4) is 0 Å². The van der Waals surface area contributed by atoms with Crippen LogP contribution in [0.4, 0.5) is 4.79 Å². The number of hydrogen-bond acceptors (Lipinski definition) is 4. The molecule has 1 N–H and O–H groups in total. The Morgan fingerprint density at radius 2 is 1.77 bits per heavy atom. The van der Waals surface area contributed by atoms with Gasteiger partial charge in [0, 0.05) is 38.0 Å². The van der Waals surface area contributed by atoms with Crippen molar-refractivity contribution >= 4 is 6.09 Å². The molecule has 0 fully saturated rings. The molecule has 5 heteroatoms. The maximum Gasteiger partial charge on any atom is 0.410 e. The molecule has 2 rings (SSSR count). The molecule has 140 valence electrons.